The highest BCUT2D eigenvalue weighted by Gasteiger charge is 2.30. The van der Waals surface area contributed by atoms with E-state index in [0.717, 1.165) is 30.7 Å². The highest BCUT2D eigenvalue weighted by molar-refractivity contribution is 6.03. The van der Waals surface area contributed by atoms with Crippen LogP contribution in [0.4, 0.5) is 5.95 Å². The molecule has 5 rings (SSSR count). The highest BCUT2D eigenvalue weighted by atomic mass is 16.2. The van der Waals surface area contributed by atoms with Crippen LogP contribution < -0.4 is 21.9 Å². The Kier molecular flexibility index (Phi) is 6.08. The molecule has 0 aliphatic carbocycles. The lowest BCUT2D eigenvalue weighted by molar-refractivity contribution is 0.496. The number of hydrogen-bond donors (Lipinski definition) is 1. The smallest absolute Gasteiger partial charge is 0.332 e. The first-order valence-corrected chi connectivity index (χ1v) is 12.5. The summed E-state index contributed by atoms with van der Waals surface area (Å²) >= 11 is 0. The van der Waals surface area contributed by atoms with E-state index >= 15 is 0 Å². The van der Waals surface area contributed by atoms with Gasteiger partial charge in [0.1, 0.15) is 0 Å². The number of nitrogens with zero attached hydrogens (tertiary/aromatic N) is 6. The molecule has 4 heterocycles. The summed E-state index contributed by atoms with van der Waals surface area (Å²) in [6.45, 7) is 8.53. The van der Waals surface area contributed by atoms with Crippen LogP contribution >= 0.6 is 0 Å². The second-order valence-corrected chi connectivity index (χ2v) is 10.4. The molecule has 1 fully saturated rings. The standard InChI is InChI=1S/C27H33N7O2/c1-5-6-14-33-22-23(30-25(33)32-13-9-10-18(28)15-32)31(4)26(36)34(24(22)35)16-21-19-11-7-8-12-20(19)27(2,3)17-29-21/h7-8,11-12,18H,9-10,13-17,28H2,1-4H3. The molecule has 2 aliphatic rings. The lowest BCUT2D eigenvalue weighted by atomic mass is 9.78. The summed E-state index contributed by atoms with van der Waals surface area (Å²) in [5.41, 5.74) is 8.97. The molecule has 1 unspecified atom stereocenters. The molecular formula is C27H33N7O2. The molecule has 2 aliphatic heterocycles. The average Bonchev–Trinajstić information content (AvgIpc) is 3.25. The van der Waals surface area contributed by atoms with Crippen LogP contribution in [0, 0.1) is 11.8 Å². The number of fused-ring (bicyclic) bond motifs is 2. The number of rotatable bonds is 4. The number of nitrogens with two attached hydrogens (primary N) is 1. The summed E-state index contributed by atoms with van der Waals surface area (Å²) in [6.07, 6.45) is 1.90. The summed E-state index contributed by atoms with van der Waals surface area (Å²) in [5.74, 6) is 6.62. The summed E-state index contributed by atoms with van der Waals surface area (Å²) in [4.78, 5) is 39.0. The number of aliphatic imine (C=N–C) groups is 1. The van der Waals surface area contributed by atoms with Crippen molar-refractivity contribution in [2.24, 2.45) is 17.8 Å². The van der Waals surface area contributed by atoms with Gasteiger partial charge < -0.3 is 10.6 Å². The number of hydrogen-bond acceptors (Lipinski definition) is 6. The molecule has 188 valence electrons. The van der Waals surface area contributed by atoms with Crippen LogP contribution in [0.1, 0.15) is 44.7 Å². The maximum Gasteiger partial charge on any atom is 0.332 e. The first kappa shape index (κ1) is 24.1. The third kappa shape index (κ3) is 3.95. The van der Waals surface area contributed by atoms with E-state index in [2.05, 4.69) is 36.7 Å². The number of imidazole rings is 1. The van der Waals surface area contributed by atoms with E-state index in [1.54, 1.807) is 14.0 Å². The molecule has 9 heteroatoms. The van der Waals surface area contributed by atoms with Crippen LogP contribution in [-0.2, 0) is 25.6 Å². The van der Waals surface area contributed by atoms with Crippen LogP contribution in [0.5, 0.6) is 0 Å². The van der Waals surface area contributed by atoms with Crippen molar-refractivity contribution in [2.45, 2.75) is 58.2 Å². The molecule has 0 bridgehead atoms. The fourth-order valence-electron chi connectivity index (χ4n) is 5.31. The van der Waals surface area contributed by atoms with E-state index in [-0.39, 0.29) is 23.6 Å². The van der Waals surface area contributed by atoms with Gasteiger partial charge in [-0.05, 0) is 25.3 Å². The lowest BCUT2D eigenvalue weighted by Crippen LogP contribution is -2.44. The van der Waals surface area contributed by atoms with Crippen LogP contribution in [-0.4, -0.2) is 50.1 Å². The van der Waals surface area contributed by atoms with E-state index in [1.165, 1.54) is 14.7 Å². The predicted molar refractivity (Wildman–Crippen MR) is 143 cm³/mol. The minimum absolute atomic E-state index is 0.0402. The molecule has 3 aromatic rings. The molecule has 0 spiro atoms. The van der Waals surface area contributed by atoms with Crippen molar-refractivity contribution in [3.8, 4) is 11.8 Å². The van der Waals surface area contributed by atoms with Gasteiger partial charge in [0, 0.05) is 43.7 Å². The molecule has 1 atom stereocenters. The normalized spacial score (nSPS) is 19.0. The number of aryl methyl sites for hydroxylation is 1. The first-order chi connectivity index (χ1) is 17.2. The fraction of sp³-hybridized carbons (Fsp3) is 0.481. The van der Waals surface area contributed by atoms with Gasteiger partial charge in [-0.3, -0.25) is 23.5 Å². The predicted octanol–water partition coefficient (Wildman–Crippen LogP) is 1.63. The van der Waals surface area contributed by atoms with Gasteiger partial charge in [-0.2, -0.15) is 4.98 Å². The van der Waals surface area contributed by atoms with Crippen LogP contribution in [0.3, 0.4) is 0 Å². The summed E-state index contributed by atoms with van der Waals surface area (Å²) in [7, 11) is 1.66. The van der Waals surface area contributed by atoms with Crippen LogP contribution in [0.25, 0.3) is 11.2 Å². The monoisotopic (exact) mass is 487 g/mol. The van der Waals surface area contributed by atoms with Gasteiger partial charge in [0.25, 0.3) is 5.56 Å². The van der Waals surface area contributed by atoms with Crippen molar-refractivity contribution in [3.05, 3.63) is 56.2 Å². The molecule has 36 heavy (non-hydrogen) atoms. The summed E-state index contributed by atoms with van der Waals surface area (Å²) in [6, 6.07) is 8.14. The Hall–Kier alpha value is -3.64. The molecule has 2 aromatic heterocycles. The molecule has 0 radical (unpaired) electrons. The number of aromatic nitrogens is 4. The molecule has 0 saturated carbocycles. The Balaban J connectivity index is 1.67. The fourth-order valence-corrected chi connectivity index (χ4v) is 5.31. The molecule has 0 amide bonds. The molecular weight excluding hydrogens is 454 g/mol. The van der Waals surface area contributed by atoms with E-state index < -0.39 is 5.69 Å². The third-order valence-corrected chi connectivity index (χ3v) is 7.31. The summed E-state index contributed by atoms with van der Waals surface area (Å²) in [5, 5.41) is 0. The summed E-state index contributed by atoms with van der Waals surface area (Å²) < 4.78 is 4.57. The Labute approximate surface area is 210 Å². The van der Waals surface area contributed by atoms with Crippen molar-refractivity contribution < 1.29 is 0 Å². The van der Waals surface area contributed by atoms with Crippen LogP contribution in [0.15, 0.2) is 38.8 Å². The van der Waals surface area contributed by atoms with E-state index in [1.807, 2.05) is 22.8 Å². The van der Waals surface area contributed by atoms with Crippen molar-refractivity contribution in [3.63, 3.8) is 0 Å². The minimum Gasteiger partial charge on any atom is -0.341 e. The molecule has 1 aromatic carbocycles. The van der Waals surface area contributed by atoms with Gasteiger partial charge in [-0.15, -0.1) is 5.92 Å². The maximum atomic E-state index is 13.9. The van der Waals surface area contributed by atoms with Crippen molar-refractivity contribution in [1.82, 2.24) is 18.7 Å². The van der Waals surface area contributed by atoms with Crippen molar-refractivity contribution in [1.29, 1.82) is 0 Å². The zero-order valence-electron chi connectivity index (χ0n) is 21.4. The van der Waals surface area contributed by atoms with Crippen LogP contribution in [0.2, 0.25) is 0 Å². The number of anilines is 1. The first-order valence-electron chi connectivity index (χ1n) is 12.5. The Bertz CT molecular complexity index is 1540. The van der Waals surface area contributed by atoms with E-state index in [9.17, 15) is 9.59 Å². The highest BCUT2D eigenvalue weighted by Crippen LogP contribution is 2.31. The SMILES string of the molecule is CC#CCn1c(N2CCCC(N)C2)nc2c1c(=O)n(CC1=NCC(C)(C)c3ccccc31)c(=O)n2C. The second kappa shape index (κ2) is 9.10. The number of benzene rings is 1. The van der Waals surface area contributed by atoms with E-state index in [0.29, 0.717) is 36.7 Å². The molecule has 1 saturated heterocycles. The Morgan fingerprint density at radius 3 is 2.72 bits per heavy atom. The molecule has 2 N–H and O–H groups in total. The van der Waals surface area contributed by atoms with Gasteiger partial charge in [0.2, 0.25) is 5.95 Å². The Morgan fingerprint density at radius 1 is 1.19 bits per heavy atom. The topological polar surface area (TPSA) is 103 Å². The zero-order valence-corrected chi connectivity index (χ0v) is 21.4. The van der Waals surface area contributed by atoms with Crippen molar-refractivity contribution in [2.75, 3.05) is 24.5 Å². The van der Waals surface area contributed by atoms with Gasteiger partial charge in [0.15, 0.2) is 11.2 Å². The van der Waals surface area contributed by atoms with Gasteiger partial charge >= 0.3 is 5.69 Å². The lowest BCUT2D eigenvalue weighted by Gasteiger charge is -2.31. The van der Waals surface area contributed by atoms with Crippen molar-refractivity contribution >= 4 is 22.8 Å². The van der Waals surface area contributed by atoms with Gasteiger partial charge in [0.05, 0.1) is 18.8 Å². The van der Waals surface area contributed by atoms with E-state index in [4.69, 9.17) is 15.7 Å². The third-order valence-electron chi connectivity index (χ3n) is 7.31. The second-order valence-electron chi connectivity index (χ2n) is 10.4. The van der Waals surface area contributed by atoms with Gasteiger partial charge in [-0.1, -0.05) is 44.0 Å². The maximum absolute atomic E-state index is 13.9. The quantitative estimate of drug-likeness (QED) is 0.564. The largest absolute Gasteiger partial charge is 0.341 e. The zero-order chi connectivity index (χ0) is 25.6. The van der Waals surface area contributed by atoms with Gasteiger partial charge in [-0.25, -0.2) is 4.79 Å². The Morgan fingerprint density at radius 2 is 1.97 bits per heavy atom. The minimum atomic E-state index is -0.411. The average molecular weight is 488 g/mol. The number of piperidine rings is 1. The molecule has 9 nitrogen and oxygen atoms in total.